The molecule has 0 saturated carbocycles. The maximum atomic E-state index is 12.5. The molecule has 6 heteroatoms. The largest absolute Gasteiger partial charge is 0.378 e. The Balaban J connectivity index is 1.62. The molecule has 0 radical (unpaired) electrons. The minimum atomic E-state index is -3.41. The van der Waals surface area contributed by atoms with Crippen molar-refractivity contribution < 1.29 is 13.2 Å². The van der Waals surface area contributed by atoms with Crippen LogP contribution in [0.2, 0.25) is 0 Å². The van der Waals surface area contributed by atoms with Gasteiger partial charge in [-0.05, 0) is 47.5 Å². The number of carbonyl (C=O) groups excluding carboxylic acids is 1. The lowest BCUT2D eigenvalue weighted by Gasteiger charge is -2.14. The molecule has 0 bridgehead atoms. The minimum Gasteiger partial charge on any atom is -0.378 e. The first-order valence-corrected chi connectivity index (χ1v) is 10.9. The summed E-state index contributed by atoms with van der Waals surface area (Å²) in [5, 5.41) is 2.90. The third-order valence-corrected chi connectivity index (χ3v) is 6.26. The van der Waals surface area contributed by atoms with E-state index < -0.39 is 9.84 Å². The molecule has 0 atom stereocenters. The average molecular weight is 409 g/mol. The standard InChI is InChI=1S/C23H24N2O3S/c1-25(2)21-8-6-7-19(15-21)16-24-23(26)20-13-11-18(12-14-20)17-29(27,28)22-9-4-3-5-10-22/h3-15H,16-17H2,1-2H3,(H,24,26). The van der Waals surface area contributed by atoms with Crippen LogP contribution in [0.4, 0.5) is 5.69 Å². The summed E-state index contributed by atoms with van der Waals surface area (Å²) in [5.74, 6) is -0.298. The Morgan fingerprint density at radius 1 is 0.862 bits per heavy atom. The van der Waals surface area contributed by atoms with Crippen molar-refractivity contribution in [3.63, 3.8) is 0 Å². The van der Waals surface area contributed by atoms with Crippen molar-refractivity contribution in [2.24, 2.45) is 0 Å². The average Bonchev–Trinajstić information content (AvgIpc) is 2.73. The Kier molecular flexibility index (Phi) is 6.34. The zero-order valence-corrected chi connectivity index (χ0v) is 17.3. The Morgan fingerprint density at radius 3 is 2.21 bits per heavy atom. The van der Waals surface area contributed by atoms with Crippen molar-refractivity contribution in [3.8, 4) is 0 Å². The van der Waals surface area contributed by atoms with Crippen molar-refractivity contribution in [2.45, 2.75) is 17.2 Å². The zero-order valence-electron chi connectivity index (χ0n) is 16.5. The first kappa shape index (κ1) is 20.6. The topological polar surface area (TPSA) is 66.5 Å². The Bertz CT molecular complexity index is 1080. The van der Waals surface area contributed by atoms with E-state index in [1.807, 2.05) is 43.3 Å². The molecule has 3 rings (SSSR count). The maximum Gasteiger partial charge on any atom is 0.251 e. The summed E-state index contributed by atoms with van der Waals surface area (Å²) < 4.78 is 24.9. The first-order chi connectivity index (χ1) is 13.8. The fourth-order valence-corrected chi connectivity index (χ4v) is 4.28. The van der Waals surface area contributed by atoms with Gasteiger partial charge in [-0.1, -0.05) is 42.5 Å². The maximum absolute atomic E-state index is 12.5. The molecular formula is C23H24N2O3S. The van der Waals surface area contributed by atoms with Gasteiger partial charge in [0.25, 0.3) is 5.91 Å². The minimum absolute atomic E-state index is 0.101. The van der Waals surface area contributed by atoms with Crippen molar-refractivity contribution in [1.82, 2.24) is 5.32 Å². The molecule has 5 nitrogen and oxygen atoms in total. The molecule has 1 N–H and O–H groups in total. The van der Waals surface area contributed by atoms with Gasteiger partial charge in [0.2, 0.25) is 0 Å². The lowest BCUT2D eigenvalue weighted by molar-refractivity contribution is 0.0951. The monoisotopic (exact) mass is 408 g/mol. The lowest BCUT2D eigenvalue weighted by atomic mass is 10.1. The van der Waals surface area contributed by atoms with Gasteiger partial charge in [0.15, 0.2) is 9.84 Å². The number of benzene rings is 3. The molecule has 0 fully saturated rings. The summed E-state index contributed by atoms with van der Waals surface area (Å²) in [6.45, 7) is 0.421. The van der Waals surface area contributed by atoms with Crippen LogP contribution in [0.15, 0.2) is 83.8 Å². The molecule has 150 valence electrons. The van der Waals surface area contributed by atoms with Gasteiger partial charge in [-0.2, -0.15) is 0 Å². The van der Waals surface area contributed by atoms with Crippen LogP contribution in [0.3, 0.4) is 0 Å². The molecule has 0 spiro atoms. The van der Waals surface area contributed by atoms with Crippen molar-refractivity contribution in [3.05, 3.63) is 95.6 Å². The van der Waals surface area contributed by atoms with Crippen LogP contribution in [0.25, 0.3) is 0 Å². The summed E-state index contributed by atoms with van der Waals surface area (Å²) in [7, 11) is 0.531. The molecule has 3 aromatic carbocycles. The molecule has 0 aliphatic carbocycles. The smallest absolute Gasteiger partial charge is 0.251 e. The molecule has 0 heterocycles. The van der Waals surface area contributed by atoms with E-state index in [1.54, 1.807) is 54.6 Å². The van der Waals surface area contributed by atoms with Crippen LogP contribution < -0.4 is 10.2 Å². The summed E-state index contributed by atoms with van der Waals surface area (Å²) in [4.78, 5) is 14.7. The first-order valence-electron chi connectivity index (χ1n) is 9.26. The van der Waals surface area contributed by atoms with Crippen LogP contribution >= 0.6 is 0 Å². The third kappa shape index (κ3) is 5.45. The summed E-state index contributed by atoms with van der Waals surface area (Å²) in [6, 6.07) is 23.0. The van der Waals surface area contributed by atoms with E-state index in [1.165, 1.54) is 0 Å². The Morgan fingerprint density at radius 2 is 1.55 bits per heavy atom. The normalized spacial score (nSPS) is 11.1. The highest BCUT2D eigenvalue weighted by Crippen LogP contribution is 2.17. The van der Waals surface area contributed by atoms with Gasteiger partial charge in [-0.3, -0.25) is 4.79 Å². The van der Waals surface area contributed by atoms with Gasteiger partial charge in [0.05, 0.1) is 10.6 Å². The molecule has 1 amide bonds. The quantitative estimate of drug-likeness (QED) is 0.648. The van der Waals surface area contributed by atoms with Gasteiger partial charge in [0, 0.05) is 31.9 Å². The number of nitrogens with zero attached hydrogens (tertiary/aromatic N) is 1. The molecular weight excluding hydrogens is 384 g/mol. The number of rotatable bonds is 7. The number of hydrogen-bond acceptors (Lipinski definition) is 4. The highest BCUT2D eigenvalue weighted by atomic mass is 32.2. The third-order valence-electron chi connectivity index (χ3n) is 4.56. The second-order valence-electron chi connectivity index (χ2n) is 7.02. The van der Waals surface area contributed by atoms with Crippen LogP contribution in [0.1, 0.15) is 21.5 Å². The fraction of sp³-hybridized carbons (Fsp3) is 0.174. The van der Waals surface area contributed by atoms with Crippen molar-refractivity contribution >= 4 is 21.4 Å². The highest BCUT2D eigenvalue weighted by Gasteiger charge is 2.15. The number of sulfone groups is 1. The summed E-state index contributed by atoms with van der Waals surface area (Å²) in [6.07, 6.45) is 0. The van der Waals surface area contributed by atoms with Gasteiger partial charge in [-0.15, -0.1) is 0 Å². The molecule has 0 aliphatic heterocycles. The molecule has 0 aliphatic rings. The van der Waals surface area contributed by atoms with E-state index in [-0.39, 0.29) is 11.7 Å². The second-order valence-corrected chi connectivity index (χ2v) is 9.01. The molecule has 0 saturated heterocycles. The number of hydrogen-bond donors (Lipinski definition) is 1. The van der Waals surface area contributed by atoms with Crippen LogP contribution in [-0.2, 0) is 22.1 Å². The van der Waals surface area contributed by atoms with Gasteiger partial charge >= 0.3 is 0 Å². The van der Waals surface area contributed by atoms with E-state index >= 15 is 0 Å². The molecule has 0 unspecified atom stereocenters. The zero-order chi connectivity index (χ0) is 20.9. The van der Waals surface area contributed by atoms with E-state index in [0.29, 0.717) is 22.6 Å². The number of carbonyl (C=O) groups is 1. The summed E-state index contributed by atoms with van der Waals surface area (Å²) in [5.41, 5.74) is 3.22. The fourth-order valence-electron chi connectivity index (χ4n) is 2.91. The number of anilines is 1. The Hall–Kier alpha value is -3.12. The molecule has 0 aromatic heterocycles. The van der Waals surface area contributed by atoms with Crippen molar-refractivity contribution in [2.75, 3.05) is 19.0 Å². The lowest BCUT2D eigenvalue weighted by Crippen LogP contribution is -2.23. The van der Waals surface area contributed by atoms with Crippen LogP contribution in [-0.4, -0.2) is 28.4 Å². The molecule has 29 heavy (non-hydrogen) atoms. The van der Waals surface area contributed by atoms with E-state index in [0.717, 1.165) is 11.3 Å². The Labute approximate surface area is 171 Å². The number of amides is 1. The van der Waals surface area contributed by atoms with Gasteiger partial charge < -0.3 is 10.2 Å². The van der Waals surface area contributed by atoms with Gasteiger partial charge in [-0.25, -0.2) is 8.42 Å². The summed E-state index contributed by atoms with van der Waals surface area (Å²) >= 11 is 0. The van der Waals surface area contributed by atoms with Crippen molar-refractivity contribution in [1.29, 1.82) is 0 Å². The SMILES string of the molecule is CN(C)c1cccc(CNC(=O)c2ccc(CS(=O)(=O)c3ccccc3)cc2)c1. The second kappa shape index (κ2) is 8.92. The predicted octanol–water partition coefficient (Wildman–Crippen LogP) is 3.66. The highest BCUT2D eigenvalue weighted by molar-refractivity contribution is 7.90. The predicted molar refractivity (Wildman–Crippen MR) is 116 cm³/mol. The van der Waals surface area contributed by atoms with Gasteiger partial charge in [0.1, 0.15) is 0 Å². The molecule has 3 aromatic rings. The van der Waals surface area contributed by atoms with Crippen LogP contribution in [0.5, 0.6) is 0 Å². The van der Waals surface area contributed by atoms with E-state index in [9.17, 15) is 13.2 Å². The van der Waals surface area contributed by atoms with E-state index in [4.69, 9.17) is 0 Å². The van der Waals surface area contributed by atoms with Crippen LogP contribution in [0, 0.1) is 0 Å². The number of nitrogens with one attached hydrogen (secondary N) is 1. The van der Waals surface area contributed by atoms with E-state index in [2.05, 4.69) is 5.32 Å².